The van der Waals surface area contributed by atoms with E-state index in [4.69, 9.17) is 15.7 Å². The number of nitrogens with zero attached hydrogens (tertiary/aromatic N) is 1. The molecule has 3 nitrogen and oxygen atoms in total. The van der Waals surface area contributed by atoms with Gasteiger partial charge >= 0.3 is 0 Å². The average molecular weight is 266 g/mol. The van der Waals surface area contributed by atoms with Crippen LogP contribution in [0.15, 0.2) is 42.5 Å². The Balaban J connectivity index is 2.44. The van der Waals surface area contributed by atoms with Crippen LogP contribution in [0, 0.1) is 11.3 Å². The molecule has 0 saturated carbocycles. The normalized spacial score (nSPS) is 10.9. The number of anilines is 1. The Morgan fingerprint density at radius 3 is 2.40 bits per heavy atom. The molecular weight excluding hydrogens is 248 g/mol. The minimum absolute atomic E-state index is 0.0305. The number of hydrogen-bond donors (Lipinski definition) is 1. The van der Waals surface area contributed by atoms with Crippen LogP contribution in [0.5, 0.6) is 11.5 Å². The smallest absolute Gasteiger partial charge is 0.145 e. The molecule has 0 aliphatic carbocycles. The molecule has 2 aromatic rings. The Morgan fingerprint density at radius 2 is 1.75 bits per heavy atom. The molecule has 0 saturated heterocycles. The Bertz CT molecular complexity index is 663. The van der Waals surface area contributed by atoms with E-state index < -0.39 is 0 Å². The predicted molar refractivity (Wildman–Crippen MR) is 80.8 cm³/mol. The average Bonchev–Trinajstić information content (AvgIpc) is 2.40. The minimum atomic E-state index is -0.0305. The van der Waals surface area contributed by atoms with E-state index in [2.05, 4.69) is 26.8 Å². The Morgan fingerprint density at radius 1 is 1.05 bits per heavy atom. The molecule has 0 fully saturated rings. The molecule has 3 heteroatoms. The Hall–Kier alpha value is -2.47. The zero-order valence-corrected chi connectivity index (χ0v) is 12.0. The van der Waals surface area contributed by atoms with E-state index in [9.17, 15) is 0 Å². The number of benzene rings is 2. The number of para-hydroxylation sites is 1. The van der Waals surface area contributed by atoms with Crippen molar-refractivity contribution in [2.24, 2.45) is 0 Å². The summed E-state index contributed by atoms with van der Waals surface area (Å²) < 4.78 is 5.93. The van der Waals surface area contributed by atoms with Gasteiger partial charge in [-0.25, -0.2) is 0 Å². The first-order chi connectivity index (χ1) is 9.41. The summed E-state index contributed by atoms with van der Waals surface area (Å²) in [5, 5.41) is 9.16. The van der Waals surface area contributed by atoms with E-state index >= 15 is 0 Å². The lowest BCUT2D eigenvalue weighted by Gasteiger charge is -2.22. The second-order valence-electron chi connectivity index (χ2n) is 5.72. The molecule has 2 rings (SSSR count). The number of hydrogen-bond acceptors (Lipinski definition) is 3. The van der Waals surface area contributed by atoms with Crippen LogP contribution >= 0.6 is 0 Å². The predicted octanol–water partition coefficient (Wildman–Crippen LogP) is 4.23. The maximum Gasteiger partial charge on any atom is 0.145 e. The first kappa shape index (κ1) is 14.0. The topological polar surface area (TPSA) is 59.0 Å². The van der Waals surface area contributed by atoms with Gasteiger partial charge in [-0.15, -0.1) is 0 Å². The van der Waals surface area contributed by atoms with Crippen LogP contribution in [-0.4, -0.2) is 0 Å². The van der Waals surface area contributed by atoms with Crippen molar-refractivity contribution >= 4 is 5.69 Å². The van der Waals surface area contributed by atoms with Gasteiger partial charge in [0.15, 0.2) is 0 Å². The monoisotopic (exact) mass is 266 g/mol. The molecule has 0 radical (unpaired) electrons. The van der Waals surface area contributed by atoms with Gasteiger partial charge in [0.1, 0.15) is 17.6 Å². The molecule has 0 aliphatic heterocycles. The zero-order chi connectivity index (χ0) is 14.8. The zero-order valence-electron chi connectivity index (χ0n) is 12.0. The van der Waals surface area contributed by atoms with Crippen molar-refractivity contribution in [2.75, 3.05) is 5.73 Å². The van der Waals surface area contributed by atoms with Gasteiger partial charge in [0, 0.05) is 11.3 Å². The molecule has 0 aliphatic rings. The number of nitriles is 1. The van der Waals surface area contributed by atoms with Gasteiger partial charge < -0.3 is 10.5 Å². The summed E-state index contributed by atoms with van der Waals surface area (Å²) in [6.07, 6.45) is 0. The summed E-state index contributed by atoms with van der Waals surface area (Å²) in [5.41, 5.74) is 7.75. The van der Waals surface area contributed by atoms with Crippen LogP contribution in [0.2, 0.25) is 0 Å². The van der Waals surface area contributed by atoms with Gasteiger partial charge in [0.2, 0.25) is 0 Å². The second kappa shape index (κ2) is 5.26. The maximum absolute atomic E-state index is 9.16. The SMILES string of the molecule is CC(C)(C)c1ccccc1Oc1ccc(N)cc1C#N. The van der Waals surface area contributed by atoms with Crippen LogP contribution in [0.3, 0.4) is 0 Å². The second-order valence-corrected chi connectivity index (χ2v) is 5.72. The summed E-state index contributed by atoms with van der Waals surface area (Å²) in [6, 6.07) is 15.1. The molecular formula is C17H18N2O. The van der Waals surface area contributed by atoms with E-state index in [1.54, 1.807) is 18.2 Å². The van der Waals surface area contributed by atoms with Crippen LogP contribution in [0.1, 0.15) is 31.9 Å². The van der Waals surface area contributed by atoms with Crippen LogP contribution in [0.4, 0.5) is 5.69 Å². The van der Waals surface area contributed by atoms with E-state index in [0.717, 1.165) is 11.3 Å². The van der Waals surface area contributed by atoms with Crippen molar-refractivity contribution in [2.45, 2.75) is 26.2 Å². The van der Waals surface area contributed by atoms with Gasteiger partial charge in [0.25, 0.3) is 0 Å². The third-order valence-electron chi connectivity index (χ3n) is 3.04. The molecule has 0 spiro atoms. The van der Waals surface area contributed by atoms with Crippen molar-refractivity contribution < 1.29 is 4.74 Å². The van der Waals surface area contributed by atoms with E-state index in [-0.39, 0.29) is 5.41 Å². The Labute approximate surface area is 119 Å². The summed E-state index contributed by atoms with van der Waals surface area (Å²) >= 11 is 0. The van der Waals surface area contributed by atoms with Crippen LogP contribution in [-0.2, 0) is 5.41 Å². The lowest BCUT2D eigenvalue weighted by atomic mass is 9.86. The summed E-state index contributed by atoms with van der Waals surface area (Å²) in [5.74, 6) is 1.29. The van der Waals surface area contributed by atoms with Gasteiger partial charge in [-0.1, -0.05) is 39.0 Å². The first-order valence-electron chi connectivity index (χ1n) is 6.49. The highest BCUT2D eigenvalue weighted by Crippen LogP contribution is 2.35. The van der Waals surface area contributed by atoms with E-state index in [0.29, 0.717) is 17.0 Å². The van der Waals surface area contributed by atoms with Crippen LogP contribution in [0.25, 0.3) is 0 Å². The molecule has 20 heavy (non-hydrogen) atoms. The minimum Gasteiger partial charge on any atom is -0.456 e. The highest BCUT2D eigenvalue weighted by Gasteiger charge is 2.19. The largest absolute Gasteiger partial charge is 0.456 e. The standard InChI is InChI=1S/C17H18N2O/c1-17(2,3)14-6-4-5-7-16(14)20-15-9-8-13(19)10-12(15)11-18/h4-10H,19H2,1-3H3. The third kappa shape index (κ3) is 2.92. The molecule has 0 bridgehead atoms. The fourth-order valence-electron chi connectivity index (χ4n) is 2.02. The van der Waals surface area contributed by atoms with Crippen molar-refractivity contribution in [3.05, 3.63) is 53.6 Å². The highest BCUT2D eigenvalue weighted by molar-refractivity contribution is 5.55. The Kier molecular flexibility index (Phi) is 3.67. The fourth-order valence-corrected chi connectivity index (χ4v) is 2.02. The highest BCUT2D eigenvalue weighted by atomic mass is 16.5. The fraction of sp³-hybridized carbons (Fsp3) is 0.235. The molecule has 2 aromatic carbocycles. The quantitative estimate of drug-likeness (QED) is 0.827. The number of nitrogens with two attached hydrogens (primary N) is 1. The van der Waals surface area contributed by atoms with E-state index in [1.165, 1.54) is 0 Å². The van der Waals surface area contributed by atoms with Gasteiger partial charge in [0.05, 0.1) is 5.56 Å². The van der Waals surface area contributed by atoms with Crippen LogP contribution < -0.4 is 10.5 Å². The number of nitrogen functional groups attached to an aromatic ring is 1. The summed E-state index contributed by atoms with van der Waals surface area (Å²) in [7, 11) is 0. The summed E-state index contributed by atoms with van der Waals surface area (Å²) in [6.45, 7) is 6.39. The number of ether oxygens (including phenoxy) is 1. The lowest BCUT2D eigenvalue weighted by molar-refractivity contribution is 0.454. The molecule has 0 unspecified atom stereocenters. The molecule has 102 valence electrons. The molecule has 0 amide bonds. The van der Waals surface area contributed by atoms with Crippen molar-refractivity contribution in [3.8, 4) is 17.6 Å². The maximum atomic E-state index is 9.16. The molecule has 0 atom stereocenters. The van der Waals surface area contributed by atoms with Crippen molar-refractivity contribution in [3.63, 3.8) is 0 Å². The molecule has 0 aromatic heterocycles. The van der Waals surface area contributed by atoms with Gasteiger partial charge in [-0.2, -0.15) is 5.26 Å². The van der Waals surface area contributed by atoms with Gasteiger partial charge in [-0.3, -0.25) is 0 Å². The lowest BCUT2D eigenvalue weighted by Crippen LogP contribution is -2.12. The molecule has 2 N–H and O–H groups in total. The van der Waals surface area contributed by atoms with Crippen molar-refractivity contribution in [1.82, 2.24) is 0 Å². The van der Waals surface area contributed by atoms with Gasteiger partial charge in [-0.05, 0) is 29.7 Å². The first-order valence-corrected chi connectivity index (χ1v) is 6.49. The van der Waals surface area contributed by atoms with E-state index in [1.807, 2.05) is 24.3 Å². The van der Waals surface area contributed by atoms with Crippen molar-refractivity contribution in [1.29, 1.82) is 5.26 Å². The summed E-state index contributed by atoms with van der Waals surface area (Å²) in [4.78, 5) is 0. The molecule has 0 heterocycles. The number of rotatable bonds is 2. The third-order valence-corrected chi connectivity index (χ3v) is 3.04.